The standard InChI is InChI=1S/C13H15BrO3/c1-8(15)11-6-9(14)7-12(16-2)13(11)17-10-4-3-5-10/h6-7,10H,3-5H2,1-2H3. The van der Waals surface area contributed by atoms with Gasteiger partial charge in [-0.3, -0.25) is 4.79 Å². The minimum Gasteiger partial charge on any atom is -0.493 e. The molecule has 0 aliphatic heterocycles. The number of Topliss-reactive ketones (excluding diaryl/α,β-unsaturated/α-hetero) is 1. The topological polar surface area (TPSA) is 35.5 Å². The van der Waals surface area contributed by atoms with E-state index in [0.29, 0.717) is 17.1 Å². The molecule has 0 saturated heterocycles. The van der Waals surface area contributed by atoms with Gasteiger partial charge in [-0.25, -0.2) is 0 Å². The van der Waals surface area contributed by atoms with Gasteiger partial charge in [0.2, 0.25) is 0 Å². The number of rotatable bonds is 4. The Morgan fingerprint density at radius 2 is 2.12 bits per heavy atom. The van der Waals surface area contributed by atoms with Crippen molar-refractivity contribution in [1.29, 1.82) is 0 Å². The third-order valence-corrected chi connectivity index (χ3v) is 3.41. The summed E-state index contributed by atoms with van der Waals surface area (Å²) in [6.07, 6.45) is 3.52. The van der Waals surface area contributed by atoms with Crippen LogP contribution in [0.5, 0.6) is 11.5 Å². The van der Waals surface area contributed by atoms with Crippen molar-refractivity contribution in [2.75, 3.05) is 7.11 Å². The van der Waals surface area contributed by atoms with Gasteiger partial charge in [0, 0.05) is 4.47 Å². The monoisotopic (exact) mass is 298 g/mol. The molecule has 1 aromatic carbocycles. The zero-order valence-electron chi connectivity index (χ0n) is 9.96. The zero-order valence-corrected chi connectivity index (χ0v) is 11.5. The number of carbonyl (C=O) groups excluding carboxylic acids is 1. The van der Waals surface area contributed by atoms with Gasteiger partial charge in [-0.05, 0) is 38.3 Å². The Morgan fingerprint density at radius 1 is 1.41 bits per heavy atom. The van der Waals surface area contributed by atoms with Crippen LogP contribution < -0.4 is 9.47 Å². The lowest BCUT2D eigenvalue weighted by atomic mass is 9.96. The number of benzene rings is 1. The van der Waals surface area contributed by atoms with E-state index in [9.17, 15) is 4.79 Å². The number of methoxy groups -OCH3 is 1. The van der Waals surface area contributed by atoms with Crippen molar-refractivity contribution in [2.24, 2.45) is 0 Å². The number of halogens is 1. The SMILES string of the molecule is COc1cc(Br)cc(C(C)=O)c1OC1CCC1. The van der Waals surface area contributed by atoms with Crippen LogP contribution >= 0.6 is 15.9 Å². The summed E-state index contributed by atoms with van der Waals surface area (Å²) in [7, 11) is 1.58. The van der Waals surface area contributed by atoms with Crippen LogP contribution in [0, 0.1) is 0 Å². The van der Waals surface area contributed by atoms with Crippen molar-refractivity contribution in [3.05, 3.63) is 22.2 Å². The Kier molecular flexibility index (Phi) is 3.72. The Morgan fingerprint density at radius 3 is 2.59 bits per heavy atom. The molecule has 0 spiro atoms. The van der Waals surface area contributed by atoms with Crippen LogP contribution in [0.25, 0.3) is 0 Å². The van der Waals surface area contributed by atoms with Crippen LogP contribution in [0.4, 0.5) is 0 Å². The zero-order chi connectivity index (χ0) is 12.4. The van der Waals surface area contributed by atoms with E-state index < -0.39 is 0 Å². The molecule has 1 saturated carbocycles. The summed E-state index contributed by atoms with van der Waals surface area (Å²) in [5, 5.41) is 0. The lowest BCUT2D eigenvalue weighted by molar-refractivity contribution is 0.0975. The Balaban J connectivity index is 2.39. The smallest absolute Gasteiger partial charge is 0.172 e. The molecule has 0 unspecified atom stereocenters. The van der Waals surface area contributed by atoms with Crippen molar-refractivity contribution in [2.45, 2.75) is 32.3 Å². The van der Waals surface area contributed by atoms with Gasteiger partial charge >= 0.3 is 0 Å². The van der Waals surface area contributed by atoms with Crippen LogP contribution in [0.15, 0.2) is 16.6 Å². The van der Waals surface area contributed by atoms with Gasteiger partial charge in [-0.1, -0.05) is 15.9 Å². The van der Waals surface area contributed by atoms with E-state index in [4.69, 9.17) is 9.47 Å². The fourth-order valence-electron chi connectivity index (χ4n) is 1.76. The van der Waals surface area contributed by atoms with Crippen LogP contribution in [0.1, 0.15) is 36.5 Å². The summed E-state index contributed by atoms with van der Waals surface area (Å²) >= 11 is 3.37. The maximum Gasteiger partial charge on any atom is 0.172 e. The third-order valence-electron chi connectivity index (χ3n) is 2.96. The van der Waals surface area contributed by atoms with Crippen LogP contribution in [-0.4, -0.2) is 19.0 Å². The highest BCUT2D eigenvalue weighted by molar-refractivity contribution is 9.10. The first-order valence-corrected chi connectivity index (χ1v) is 6.46. The second-order valence-corrected chi connectivity index (χ2v) is 5.13. The highest BCUT2D eigenvalue weighted by Crippen LogP contribution is 2.38. The average molecular weight is 299 g/mol. The average Bonchev–Trinajstić information content (AvgIpc) is 2.23. The summed E-state index contributed by atoms with van der Waals surface area (Å²) in [6, 6.07) is 3.60. The van der Waals surface area contributed by atoms with Gasteiger partial charge in [-0.2, -0.15) is 0 Å². The normalized spacial score (nSPS) is 15.2. The minimum atomic E-state index is -0.0149. The van der Waals surface area contributed by atoms with Crippen LogP contribution in [-0.2, 0) is 0 Å². The number of carbonyl (C=O) groups is 1. The van der Waals surface area contributed by atoms with E-state index >= 15 is 0 Å². The lowest BCUT2D eigenvalue weighted by Crippen LogP contribution is -2.25. The summed E-state index contributed by atoms with van der Waals surface area (Å²) in [5.41, 5.74) is 0.572. The predicted molar refractivity (Wildman–Crippen MR) is 69.0 cm³/mol. The molecule has 0 heterocycles. The lowest BCUT2D eigenvalue weighted by Gasteiger charge is -2.28. The van der Waals surface area contributed by atoms with Crippen molar-refractivity contribution in [1.82, 2.24) is 0 Å². The van der Waals surface area contributed by atoms with E-state index in [0.717, 1.165) is 17.3 Å². The molecule has 0 bridgehead atoms. The predicted octanol–water partition coefficient (Wildman–Crippen LogP) is 3.59. The molecular weight excluding hydrogens is 284 g/mol. The van der Waals surface area contributed by atoms with Crippen molar-refractivity contribution in [3.8, 4) is 11.5 Å². The second kappa shape index (κ2) is 5.08. The molecule has 0 N–H and O–H groups in total. The van der Waals surface area contributed by atoms with Crippen LogP contribution in [0.2, 0.25) is 0 Å². The van der Waals surface area contributed by atoms with E-state index in [1.807, 2.05) is 6.07 Å². The molecule has 3 nitrogen and oxygen atoms in total. The number of ketones is 1. The van der Waals surface area contributed by atoms with Crippen molar-refractivity contribution in [3.63, 3.8) is 0 Å². The van der Waals surface area contributed by atoms with Gasteiger partial charge in [0.1, 0.15) is 0 Å². The molecule has 1 aliphatic rings. The number of hydrogen-bond donors (Lipinski definition) is 0. The molecule has 0 atom stereocenters. The summed E-state index contributed by atoms with van der Waals surface area (Å²) in [4.78, 5) is 11.6. The van der Waals surface area contributed by atoms with Gasteiger partial charge in [-0.15, -0.1) is 0 Å². The molecule has 1 aromatic rings. The number of ether oxygens (including phenoxy) is 2. The Bertz CT molecular complexity index is 439. The summed E-state index contributed by atoms with van der Waals surface area (Å²) in [5.74, 6) is 1.17. The molecular formula is C13H15BrO3. The summed E-state index contributed by atoms with van der Waals surface area (Å²) in [6.45, 7) is 1.54. The largest absolute Gasteiger partial charge is 0.493 e. The fourth-order valence-corrected chi connectivity index (χ4v) is 2.20. The fraction of sp³-hybridized carbons (Fsp3) is 0.462. The molecule has 2 rings (SSSR count). The Labute approximate surface area is 109 Å². The van der Waals surface area contributed by atoms with Gasteiger partial charge in [0.05, 0.1) is 18.8 Å². The third kappa shape index (κ3) is 2.63. The highest BCUT2D eigenvalue weighted by Gasteiger charge is 2.24. The Hall–Kier alpha value is -1.03. The van der Waals surface area contributed by atoms with Gasteiger partial charge in [0.15, 0.2) is 17.3 Å². The molecule has 1 fully saturated rings. The minimum absolute atomic E-state index is 0.0149. The second-order valence-electron chi connectivity index (χ2n) is 4.21. The first kappa shape index (κ1) is 12.4. The molecule has 92 valence electrons. The first-order chi connectivity index (χ1) is 8.11. The van der Waals surface area contributed by atoms with Crippen LogP contribution in [0.3, 0.4) is 0 Å². The van der Waals surface area contributed by atoms with Gasteiger partial charge < -0.3 is 9.47 Å². The quantitative estimate of drug-likeness (QED) is 0.797. The highest BCUT2D eigenvalue weighted by atomic mass is 79.9. The molecule has 1 aliphatic carbocycles. The van der Waals surface area contributed by atoms with Crippen molar-refractivity contribution >= 4 is 21.7 Å². The first-order valence-electron chi connectivity index (χ1n) is 5.67. The molecule has 0 amide bonds. The molecule has 4 heteroatoms. The van der Waals surface area contributed by atoms with Crippen molar-refractivity contribution < 1.29 is 14.3 Å². The number of hydrogen-bond acceptors (Lipinski definition) is 3. The summed E-state index contributed by atoms with van der Waals surface area (Å²) < 4.78 is 12.0. The maximum absolute atomic E-state index is 11.6. The van der Waals surface area contributed by atoms with E-state index in [1.165, 1.54) is 13.3 Å². The van der Waals surface area contributed by atoms with E-state index in [1.54, 1.807) is 13.2 Å². The molecule has 0 radical (unpaired) electrons. The van der Waals surface area contributed by atoms with Gasteiger partial charge in [0.25, 0.3) is 0 Å². The molecule has 17 heavy (non-hydrogen) atoms. The maximum atomic E-state index is 11.6. The van der Waals surface area contributed by atoms with E-state index in [-0.39, 0.29) is 11.9 Å². The van der Waals surface area contributed by atoms with E-state index in [2.05, 4.69) is 15.9 Å². The molecule has 0 aromatic heterocycles.